The molecule has 13 rings (SSSR count). The van der Waals surface area contributed by atoms with E-state index in [9.17, 15) is 14.4 Å². The third-order valence-corrected chi connectivity index (χ3v) is 17.4. The Balaban J connectivity index is 0.000000244. The number of nitrogens with one attached hydrogen (secondary N) is 3. The third-order valence-electron chi connectivity index (χ3n) is 17.4. The van der Waals surface area contributed by atoms with Crippen LogP contribution in [0.15, 0.2) is 193 Å². The number of rotatable bonds is 18. The van der Waals surface area contributed by atoms with Gasteiger partial charge in [0.15, 0.2) is 17.3 Å². The largest absolute Gasteiger partial charge is 0.354 e. The SMILES string of the molecule is CNCc1cccc(-c2cc(-c3nc(-c4ccc(=O)n(C(C)C)c4)cnc3C)on2)c1.Cc1ncc(-c2ccc(=O)n(C(C)C)c2)nc1-c1cc(-c2cccc(CNC(C)(C)C)c2)no1.Cc1ncc(-c2ccc(=O)n(C3CCCC3)c2)nc1-c1cc(-c2ccc(CNC(C)(C)C)cc2)no1.[HH].[HH].[HH].[HH].[HH]. The Hall–Kier alpha value is -10.7. The minimum atomic E-state index is -0.0427. The van der Waals surface area contributed by atoms with E-state index >= 15 is 0 Å². The molecular weight excluding hydrogens is 1270 g/mol. The van der Waals surface area contributed by atoms with Gasteiger partial charge in [0, 0.05) is 144 Å². The van der Waals surface area contributed by atoms with Crippen molar-refractivity contribution in [3.8, 4) is 102 Å². The fourth-order valence-electron chi connectivity index (χ4n) is 11.7. The molecule has 101 heavy (non-hydrogen) atoms. The van der Waals surface area contributed by atoms with Crippen LogP contribution in [0.25, 0.3) is 102 Å². The van der Waals surface area contributed by atoms with Gasteiger partial charge < -0.3 is 43.2 Å². The standard InChI is InChI=1S/C29H33N5O2.C27H31N5O2.C24H25N5O2.5H2/c1-19-28(26-15-24(33-36-26)21-11-9-20(10-12-21)16-31-29(2,3)4)32-25(17-30-19)22-13-14-27(35)34(18-22)23-7-5-6-8-23;1-17(2)32-16-21(10-11-25(32)33)23-15-28-18(3)26(30-23)24-13-22(31-34-24)20-9-7-8-19(12-20)14-29-27(4,5)6;1-15(2)29-14-19(8-9-23(29)30)21-13-26-16(3)24(27-21)22-11-20(28-31-22)18-7-5-6-17(10-18)12-25-4;;;;;/h9-15,17-18,23,31H,5-8,16H2,1-4H3;7-13,15-17,29H,14H2,1-6H3;5-11,13-15,25H,12H2,1-4H3;5*1H. The topological polar surface area (TPSA) is 258 Å². The lowest BCUT2D eigenvalue weighted by molar-refractivity contribution is 0.424. The van der Waals surface area contributed by atoms with E-state index in [4.69, 9.17) is 28.5 Å². The maximum absolute atomic E-state index is 12.5. The predicted molar refractivity (Wildman–Crippen MR) is 407 cm³/mol. The first kappa shape index (κ1) is 71.5. The Bertz CT molecular complexity index is 5070. The van der Waals surface area contributed by atoms with E-state index in [0.29, 0.717) is 51.4 Å². The summed E-state index contributed by atoms with van der Waals surface area (Å²) in [5, 5.41) is 23.0. The number of aryl methyl sites for hydroxylation is 3. The molecule has 530 valence electrons. The average Bonchev–Trinajstić information content (AvgIpc) is 1.01. The molecule has 0 bridgehead atoms. The van der Waals surface area contributed by atoms with Crippen molar-refractivity contribution >= 4 is 0 Å². The number of pyridine rings is 3. The van der Waals surface area contributed by atoms with Crippen LogP contribution in [0.4, 0.5) is 0 Å². The lowest BCUT2D eigenvalue weighted by Gasteiger charge is -2.20. The first-order valence-corrected chi connectivity index (χ1v) is 34.4. The van der Waals surface area contributed by atoms with Crippen molar-refractivity contribution in [3.63, 3.8) is 0 Å². The van der Waals surface area contributed by atoms with Crippen molar-refractivity contribution < 1.29 is 20.7 Å². The van der Waals surface area contributed by atoms with Gasteiger partial charge in [-0.2, -0.15) is 0 Å². The van der Waals surface area contributed by atoms with Crippen LogP contribution in [-0.2, 0) is 19.6 Å². The van der Waals surface area contributed by atoms with Crippen LogP contribution in [0.3, 0.4) is 0 Å². The summed E-state index contributed by atoms with van der Waals surface area (Å²) in [6.45, 7) is 28.9. The van der Waals surface area contributed by atoms with Crippen molar-refractivity contribution in [1.82, 2.24) is 75.0 Å². The highest BCUT2D eigenvalue weighted by Gasteiger charge is 2.23. The monoisotopic (exact) mass is 1370 g/mol. The smallest absolute Gasteiger partial charge is 0.250 e. The molecule has 12 aromatic rings. The molecule has 21 heteroatoms. The molecule has 0 aliphatic heterocycles. The zero-order chi connectivity index (χ0) is 71.7. The Morgan fingerprint density at radius 2 is 0.822 bits per heavy atom. The van der Waals surface area contributed by atoms with Crippen molar-refractivity contribution in [2.75, 3.05) is 7.05 Å². The van der Waals surface area contributed by atoms with Crippen LogP contribution in [-0.4, -0.2) is 77.2 Å². The van der Waals surface area contributed by atoms with E-state index in [1.54, 1.807) is 58.1 Å². The summed E-state index contributed by atoms with van der Waals surface area (Å²) >= 11 is 0. The van der Waals surface area contributed by atoms with Crippen LogP contribution >= 0.6 is 0 Å². The molecule has 3 aromatic carbocycles. The molecule has 0 atom stereocenters. The van der Waals surface area contributed by atoms with Crippen molar-refractivity contribution in [2.45, 2.75) is 165 Å². The molecule has 3 N–H and O–H groups in total. The van der Waals surface area contributed by atoms with Gasteiger partial charge in [-0.1, -0.05) is 89.0 Å². The molecule has 0 radical (unpaired) electrons. The Morgan fingerprint density at radius 3 is 1.23 bits per heavy atom. The summed E-state index contributed by atoms with van der Waals surface area (Å²) in [4.78, 5) is 64.7. The summed E-state index contributed by atoms with van der Waals surface area (Å²) in [6.07, 6.45) is 15.2. The second-order valence-electron chi connectivity index (χ2n) is 28.2. The van der Waals surface area contributed by atoms with E-state index in [-0.39, 0.29) is 53.0 Å². The van der Waals surface area contributed by atoms with Crippen LogP contribution in [0.2, 0.25) is 0 Å². The lowest BCUT2D eigenvalue weighted by Crippen LogP contribution is -2.35. The molecule has 21 nitrogen and oxygen atoms in total. The summed E-state index contributed by atoms with van der Waals surface area (Å²) in [5.74, 6) is 1.68. The summed E-state index contributed by atoms with van der Waals surface area (Å²) in [7, 11) is 1.92. The van der Waals surface area contributed by atoms with Gasteiger partial charge in [-0.15, -0.1) is 0 Å². The van der Waals surface area contributed by atoms with E-state index in [1.165, 1.54) is 29.5 Å². The molecule has 9 heterocycles. The first-order valence-electron chi connectivity index (χ1n) is 34.4. The highest BCUT2D eigenvalue weighted by molar-refractivity contribution is 5.72. The van der Waals surface area contributed by atoms with Crippen LogP contribution in [0.5, 0.6) is 0 Å². The van der Waals surface area contributed by atoms with Crippen LogP contribution < -0.4 is 32.6 Å². The normalized spacial score (nSPS) is 12.6. The number of hydrogen-bond donors (Lipinski definition) is 3. The molecule has 9 aromatic heterocycles. The van der Waals surface area contributed by atoms with E-state index in [2.05, 4.69) is 136 Å². The van der Waals surface area contributed by atoms with Gasteiger partial charge in [-0.3, -0.25) is 29.3 Å². The Morgan fingerprint density at radius 1 is 0.446 bits per heavy atom. The van der Waals surface area contributed by atoms with Gasteiger partial charge in [0.25, 0.3) is 16.7 Å². The molecule has 0 amide bonds. The van der Waals surface area contributed by atoms with Gasteiger partial charge in [-0.05, 0) is 157 Å². The number of aromatic nitrogens is 12. The highest BCUT2D eigenvalue weighted by atomic mass is 16.5. The van der Waals surface area contributed by atoms with E-state index in [1.807, 2.05) is 127 Å². The van der Waals surface area contributed by atoms with Crippen molar-refractivity contribution in [2.24, 2.45) is 0 Å². The highest BCUT2D eigenvalue weighted by Crippen LogP contribution is 2.34. The quantitative estimate of drug-likeness (QED) is 0.0721. The van der Waals surface area contributed by atoms with E-state index < -0.39 is 0 Å². The zero-order valence-corrected chi connectivity index (χ0v) is 60.1. The number of hydrogen-bond acceptors (Lipinski definition) is 18. The Kier molecular flexibility index (Phi) is 22.1. The molecule has 0 unspecified atom stereocenters. The van der Waals surface area contributed by atoms with E-state index in [0.717, 1.165) is 100 Å². The lowest BCUT2D eigenvalue weighted by atomic mass is 10.1. The van der Waals surface area contributed by atoms with Crippen molar-refractivity contribution in [3.05, 3.63) is 229 Å². The average molecular weight is 1370 g/mol. The molecule has 1 aliphatic rings. The first-order chi connectivity index (χ1) is 48.3. The van der Waals surface area contributed by atoms with Gasteiger partial charge >= 0.3 is 0 Å². The molecular formula is C80H99N15O6. The summed E-state index contributed by atoms with van der Waals surface area (Å²) in [5.41, 5.74) is 17.5. The summed E-state index contributed by atoms with van der Waals surface area (Å²) in [6, 6.07) is 40.9. The molecule has 1 saturated carbocycles. The zero-order valence-electron chi connectivity index (χ0n) is 60.1. The van der Waals surface area contributed by atoms with Gasteiger partial charge in [0.1, 0.15) is 34.2 Å². The molecule has 1 fully saturated rings. The minimum absolute atomic E-state index is 0. The summed E-state index contributed by atoms with van der Waals surface area (Å²) < 4.78 is 22.3. The molecule has 0 saturated heterocycles. The number of benzene rings is 3. The second-order valence-corrected chi connectivity index (χ2v) is 28.2. The second kappa shape index (κ2) is 31.2. The van der Waals surface area contributed by atoms with Gasteiger partial charge in [0.05, 0.1) is 52.8 Å². The molecule has 0 spiro atoms. The van der Waals surface area contributed by atoms with Gasteiger partial charge in [0.2, 0.25) is 0 Å². The Labute approximate surface area is 596 Å². The van der Waals surface area contributed by atoms with Crippen molar-refractivity contribution in [1.29, 1.82) is 0 Å². The van der Waals surface area contributed by atoms with Crippen LogP contribution in [0, 0.1) is 20.8 Å². The number of nitrogens with zero attached hydrogens (tertiary/aromatic N) is 12. The predicted octanol–water partition coefficient (Wildman–Crippen LogP) is 16.8. The fraction of sp³-hybridized carbons (Fsp3) is 0.325. The maximum Gasteiger partial charge on any atom is 0.250 e. The molecule has 1 aliphatic carbocycles. The van der Waals surface area contributed by atoms with Crippen LogP contribution in [0.1, 0.15) is 154 Å². The maximum atomic E-state index is 12.5. The minimum Gasteiger partial charge on any atom is -0.354 e. The fourth-order valence-corrected chi connectivity index (χ4v) is 11.7. The van der Waals surface area contributed by atoms with Gasteiger partial charge in [-0.25, -0.2) is 15.0 Å². The third kappa shape index (κ3) is 18.0.